The molecule has 2 unspecified atom stereocenters. The molecule has 2 heterocycles. The zero-order valence-corrected chi connectivity index (χ0v) is 13.0. The number of rotatable bonds is 1. The molecular weight excluding hydrogens is 264 g/mol. The number of nitrogens with zero attached hydrogens (tertiary/aromatic N) is 2. The molecule has 1 N–H and O–H groups in total. The maximum Gasteiger partial charge on any atom is 0.253 e. The zero-order chi connectivity index (χ0) is 15.3. The summed E-state index contributed by atoms with van der Waals surface area (Å²) in [7, 11) is 2.09. The molecule has 0 radical (unpaired) electrons. The number of amides is 1. The Morgan fingerprint density at radius 2 is 1.62 bits per heavy atom. The molecule has 2 atom stereocenters. The third-order valence-corrected chi connectivity index (χ3v) is 4.99. The van der Waals surface area contributed by atoms with Crippen molar-refractivity contribution in [2.75, 3.05) is 33.2 Å². The predicted molar refractivity (Wildman–Crippen MR) is 82.1 cm³/mol. The second kappa shape index (κ2) is 4.82. The van der Waals surface area contributed by atoms with Crippen molar-refractivity contribution < 1.29 is 9.90 Å². The van der Waals surface area contributed by atoms with E-state index in [-0.39, 0.29) is 22.8 Å². The molecule has 2 aliphatic rings. The summed E-state index contributed by atoms with van der Waals surface area (Å²) in [5.74, 6) is 0.0736. The van der Waals surface area contributed by atoms with Crippen molar-refractivity contribution >= 4 is 5.91 Å². The highest BCUT2D eigenvalue weighted by atomic mass is 16.3. The normalized spacial score (nSPS) is 36.6. The van der Waals surface area contributed by atoms with Crippen LogP contribution in [0.4, 0.5) is 0 Å². The Kier molecular flexibility index (Phi) is 3.34. The van der Waals surface area contributed by atoms with E-state index in [0.717, 1.165) is 18.7 Å². The lowest BCUT2D eigenvalue weighted by molar-refractivity contribution is -0.161. The average molecular weight is 288 g/mol. The molecule has 0 saturated carbocycles. The van der Waals surface area contributed by atoms with Crippen LogP contribution in [-0.2, 0) is 0 Å². The number of hydrogen-bond donors (Lipinski definition) is 1. The van der Waals surface area contributed by atoms with Crippen LogP contribution in [0.1, 0.15) is 24.2 Å². The van der Waals surface area contributed by atoms with Gasteiger partial charge in [-0.2, -0.15) is 0 Å². The summed E-state index contributed by atoms with van der Waals surface area (Å²) in [4.78, 5) is 16.9. The summed E-state index contributed by atoms with van der Waals surface area (Å²) in [5.41, 5.74) is 0.210. The van der Waals surface area contributed by atoms with Crippen molar-refractivity contribution in [3.05, 3.63) is 35.9 Å². The van der Waals surface area contributed by atoms with Crippen LogP contribution in [0.5, 0.6) is 0 Å². The van der Waals surface area contributed by atoms with E-state index in [1.54, 1.807) is 0 Å². The van der Waals surface area contributed by atoms with Gasteiger partial charge in [-0.05, 0) is 19.2 Å². The van der Waals surface area contributed by atoms with Crippen LogP contribution in [0.2, 0.25) is 0 Å². The van der Waals surface area contributed by atoms with Gasteiger partial charge in [-0.15, -0.1) is 0 Å². The molecular formula is C17H24N2O2. The molecule has 3 rings (SSSR count). The number of hydrogen-bond acceptors (Lipinski definition) is 3. The summed E-state index contributed by atoms with van der Waals surface area (Å²) in [6.45, 7) is 7.06. The van der Waals surface area contributed by atoms with Gasteiger partial charge in [-0.25, -0.2) is 0 Å². The molecule has 4 heteroatoms. The highest BCUT2D eigenvalue weighted by Crippen LogP contribution is 2.45. The van der Waals surface area contributed by atoms with Crippen LogP contribution in [0.3, 0.4) is 0 Å². The van der Waals surface area contributed by atoms with Crippen LogP contribution in [0, 0.1) is 10.8 Å². The first-order chi connectivity index (χ1) is 9.84. The van der Waals surface area contributed by atoms with Crippen molar-refractivity contribution in [3.8, 4) is 0 Å². The molecule has 2 bridgehead atoms. The molecule has 2 aliphatic heterocycles. The van der Waals surface area contributed by atoms with Gasteiger partial charge in [-0.1, -0.05) is 32.0 Å². The van der Waals surface area contributed by atoms with Crippen molar-refractivity contribution in [1.29, 1.82) is 0 Å². The largest absolute Gasteiger partial charge is 0.392 e. The topological polar surface area (TPSA) is 43.8 Å². The lowest BCUT2D eigenvalue weighted by atomic mass is 9.63. The zero-order valence-electron chi connectivity index (χ0n) is 13.0. The van der Waals surface area contributed by atoms with Gasteiger partial charge in [0.2, 0.25) is 0 Å². The molecule has 114 valence electrons. The van der Waals surface area contributed by atoms with Crippen molar-refractivity contribution in [2.24, 2.45) is 10.8 Å². The molecule has 4 nitrogen and oxygen atoms in total. The molecule has 2 fully saturated rings. The number of fused-ring (bicyclic) bond motifs is 2. The molecule has 1 aromatic rings. The number of likely N-dealkylation sites (tertiary alicyclic amines) is 2. The minimum absolute atomic E-state index is 0.0736. The van der Waals surface area contributed by atoms with Gasteiger partial charge in [0.15, 0.2) is 0 Å². The second-order valence-electron chi connectivity index (χ2n) is 7.41. The Balaban J connectivity index is 1.89. The standard InChI is InChI=1S/C17H24N2O2/c1-16-9-18(3)10-17(2,15(16)21)12-19(11-16)14(20)13-7-5-4-6-8-13/h4-8,15,21H,9-12H2,1-3H3. The van der Waals surface area contributed by atoms with Crippen LogP contribution in [0.15, 0.2) is 30.3 Å². The monoisotopic (exact) mass is 288 g/mol. The molecule has 0 spiro atoms. The number of piperidine rings is 2. The first-order valence-corrected chi connectivity index (χ1v) is 7.55. The minimum Gasteiger partial charge on any atom is -0.392 e. The van der Waals surface area contributed by atoms with Crippen molar-refractivity contribution in [3.63, 3.8) is 0 Å². The fraction of sp³-hybridized carbons (Fsp3) is 0.588. The Hall–Kier alpha value is -1.39. The first-order valence-electron chi connectivity index (χ1n) is 7.55. The molecule has 1 amide bonds. The van der Waals surface area contributed by atoms with E-state index in [9.17, 15) is 9.90 Å². The molecule has 0 aromatic heterocycles. The van der Waals surface area contributed by atoms with Crippen molar-refractivity contribution in [2.45, 2.75) is 20.0 Å². The van der Waals surface area contributed by atoms with Gasteiger partial charge < -0.3 is 14.9 Å². The number of aliphatic hydroxyl groups is 1. The maximum atomic E-state index is 12.7. The molecule has 0 aliphatic carbocycles. The lowest BCUT2D eigenvalue weighted by Crippen LogP contribution is -2.70. The van der Waals surface area contributed by atoms with Crippen LogP contribution >= 0.6 is 0 Å². The van der Waals surface area contributed by atoms with Crippen LogP contribution < -0.4 is 0 Å². The number of carbonyl (C=O) groups is 1. The summed E-state index contributed by atoms with van der Waals surface area (Å²) >= 11 is 0. The number of benzene rings is 1. The first kappa shape index (κ1) is 14.5. The fourth-order valence-electron chi connectivity index (χ4n) is 4.41. The summed E-state index contributed by atoms with van der Waals surface area (Å²) < 4.78 is 0. The van der Waals surface area contributed by atoms with Crippen molar-refractivity contribution in [1.82, 2.24) is 9.80 Å². The lowest BCUT2D eigenvalue weighted by Gasteiger charge is -2.59. The Labute approximate surface area is 126 Å². The Morgan fingerprint density at radius 1 is 1.10 bits per heavy atom. The summed E-state index contributed by atoms with van der Waals surface area (Å²) in [5, 5.41) is 10.7. The highest BCUT2D eigenvalue weighted by Gasteiger charge is 2.55. The van der Waals surface area contributed by atoms with Crippen LogP contribution in [-0.4, -0.2) is 60.1 Å². The van der Waals surface area contributed by atoms with Gasteiger partial charge >= 0.3 is 0 Å². The summed E-state index contributed by atoms with van der Waals surface area (Å²) in [6, 6.07) is 9.43. The third kappa shape index (κ3) is 2.36. The molecule has 1 aromatic carbocycles. The summed E-state index contributed by atoms with van der Waals surface area (Å²) in [6.07, 6.45) is -0.360. The number of aliphatic hydroxyl groups excluding tert-OH is 1. The second-order valence-corrected chi connectivity index (χ2v) is 7.41. The Bertz CT molecular complexity index is 525. The van der Waals surface area contributed by atoms with Gasteiger partial charge in [0.25, 0.3) is 5.91 Å². The van der Waals surface area contributed by atoms with Gasteiger partial charge in [0.05, 0.1) is 6.10 Å². The predicted octanol–water partition coefficient (Wildman–Crippen LogP) is 1.46. The third-order valence-electron chi connectivity index (χ3n) is 4.99. The van der Waals surface area contributed by atoms with E-state index in [1.807, 2.05) is 35.2 Å². The highest BCUT2D eigenvalue weighted by molar-refractivity contribution is 5.94. The molecule has 2 saturated heterocycles. The minimum atomic E-state index is -0.360. The van der Waals surface area contributed by atoms with Crippen LogP contribution in [0.25, 0.3) is 0 Å². The maximum absolute atomic E-state index is 12.7. The van der Waals surface area contributed by atoms with E-state index >= 15 is 0 Å². The van der Waals surface area contributed by atoms with Gasteiger partial charge in [0, 0.05) is 42.6 Å². The fourth-order valence-corrected chi connectivity index (χ4v) is 4.41. The quantitative estimate of drug-likeness (QED) is 0.851. The van der Waals surface area contributed by atoms with Gasteiger partial charge in [-0.3, -0.25) is 4.79 Å². The Morgan fingerprint density at radius 3 is 2.14 bits per heavy atom. The van der Waals surface area contributed by atoms with Gasteiger partial charge in [0.1, 0.15) is 0 Å². The van der Waals surface area contributed by atoms with E-state index in [2.05, 4.69) is 25.8 Å². The smallest absolute Gasteiger partial charge is 0.253 e. The molecule has 21 heavy (non-hydrogen) atoms. The number of carbonyl (C=O) groups excluding carboxylic acids is 1. The average Bonchev–Trinajstić information content (AvgIpc) is 2.42. The van der Waals surface area contributed by atoms with E-state index in [4.69, 9.17) is 0 Å². The van der Waals surface area contributed by atoms with E-state index in [1.165, 1.54) is 0 Å². The SMILES string of the molecule is CN1CC2(C)CN(C(=O)c3ccccc3)CC(C)(C1)C2O. The van der Waals surface area contributed by atoms with E-state index < -0.39 is 0 Å². The van der Waals surface area contributed by atoms with E-state index in [0.29, 0.717) is 13.1 Å².